The number of nitrogens with one attached hydrogen (secondary N) is 1. The van der Waals surface area contributed by atoms with Gasteiger partial charge in [0.05, 0.1) is 12.2 Å². The van der Waals surface area contributed by atoms with Gasteiger partial charge in [0, 0.05) is 25.3 Å². The Morgan fingerprint density at radius 2 is 1.88 bits per heavy atom. The average molecular weight is 236 g/mol. The van der Waals surface area contributed by atoms with Crippen molar-refractivity contribution in [1.82, 2.24) is 5.32 Å². The van der Waals surface area contributed by atoms with Gasteiger partial charge in [-0.1, -0.05) is 25.1 Å². The Morgan fingerprint density at radius 3 is 2.53 bits per heavy atom. The molecule has 1 fully saturated rings. The molecule has 17 heavy (non-hydrogen) atoms. The minimum absolute atomic E-state index is 0.504. The molecule has 94 valence electrons. The molecule has 2 atom stereocenters. The van der Waals surface area contributed by atoms with Crippen molar-refractivity contribution in [2.45, 2.75) is 25.7 Å². The molecular formula is C13H20N2O2. The maximum absolute atomic E-state index is 9.59. The van der Waals surface area contributed by atoms with Gasteiger partial charge in [-0.3, -0.25) is 0 Å². The van der Waals surface area contributed by atoms with Crippen molar-refractivity contribution in [1.29, 1.82) is 0 Å². The molecule has 0 aliphatic carbocycles. The van der Waals surface area contributed by atoms with Crippen LogP contribution in [0, 0.1) is 0 Å². The van der Waals surface area contributed by atoms with E-state index in [0.717, 1.165) is 18.8 Å². The van der Waals surface area contributed by atoms with Gasteiger partial charge in [-0.15, -0.1) is 0 Å². The standard InChI is InChI=1S/C13H20N2O2/c1-2-14-7-10-5-3-4-6-11(10)15-8-12(16)13(17)9-15/h3-6,12-14,16-17H,2,7-9H2,1H3. The highest BCUT2D eigenvalue weighted by Crippen LogP contribution is 2.24. The maximum Gasteiger partial charge on any atom is 0.0990 e. The van der Waals surface area contributed by atoms with Crippen LogP contribution in [0.3, 0.4) is 0 Å². The van der Waals surface area contributed by atoms with Gasteiger partial charge in [0.2, 0.25) is 0 Å². The number of nitrogens with zero attached hydrogens (tertiary/aromatic N) is 1. The summed E-state index contributed by atoms with van der Waals surface area (Å²) in [6.45, 7) is 4.83. The Morgan fingerprint density at radius 1 is 1.24 bits per heavy atom. The second kappa shape index (κ2) is 5.49. The topological polar surface area (TPSA) is 55.7 Å². The van der Waals surface area contributed by atoms with Gasteiger partial charge in [-0.25, -0.2) is 0 Å². The minimum Gasteiger partial charge on any atom is -0.389 e. The molecule has 0 amide bonds. The van der Waals surface area contributed by atoms with Gasteiger partial charge in [-0.05, 0) is 18.2 Å². The molecule has 1 saturated heterocycles. The van der Waals surface area contributed by atoms with Gasteiger partial charge < -0.3 is 20.4 Å². The van der Waals surface area contributed by atoms with Crippen LogP contribution in [-0.4, -0.2) is 42.1 Å². The Labute approximate surface area is 102 Å². The first-order valence-electron chi connectivity index (χ1n) is 6.12. The Kier molecular flexibility index (Phi) is 3.99. The van der Waals surface area contributed by atoms with E-state index in [2.05, 4.69) is 18.3 Å². The van der Waals surface area contributed by atoms with E-state index < -0.39 is 12.2 Å². The third kappa shape index (κ3) is 2.77. The predicted octanol–water partition coefficient (Wildman–Crippen LogP) is 0.338. The number of rotatable bonds is 4. The van der Waals surface area contributed by atoms with E-state index in [9.17, 15) is 10.2 Å². The number of hydrogen-bond donors (Lipinski definition) is 3. The van der Waals surface area contributed by atoms with Crippen LogP contribution < -0.4 is 10.2 Å². The zero-order valence-electron chi connectivity index (χ0n) is 10.1. The molecule has 0 saturated carbocycles. The van der Waals surface area contributed by atoms with E-state index in [1.165, 1.54) is 5.56 Å². The number of aliphatic hydroxyl groups is 2. The van der Waals surface area contributed by atoms with E-state index in [-0.39, 0.29) is 0 Å². The van der Waals surface area contributed by atoms with E-state index in [4.69, 9.17) is 0 Å². The van der Waals surface area contributed by atoms with Crippen LogP contribution in [0.25, 0.3) is 0 Å². The number of hydrogen-bond acceptors (Lipinski definition) is 4. The van der Waals surface area contributed by atoms with Crippen molar-refractivity contribution in [2.24, 2.45) is 0 Å². The van der Waals surface area contributed by atoms with Crippen LogP contribution >= 0.6 is 0 Å². The van der Waals surface area contributed by atoms with Crippen molar-refractivity contribution >= 4 is 5.69 Å². The van der Waals surface area contributed by atoms with E-state index >= 15 is 0 Å². The molecule has 1 aliphatic heterocycles. The number of aliphatic hydroxyl groups excluding tert-OH is 2. The first kappa shape index (κ1) is 12.4. The Bertz CT molecular complexity index is 360. The first-order valence-corrected chi connectivity index (χ1v) is 6.12. The van der Waals surface area contributed by atoms with Crippen molar-refractivity contribution in [3.63, 3.8) is 0 Å². The molecule has 4 heteroatoms. The summed E-state index contributed by atoms with van der Waals surface area (Å²) in [5, 5.41) is 22.5. The van der Waals surface area contributed by atoms with Gasteiger partial charge >= 0.3 is 0 Å². The summed E-state index contributed by atoms with van der Waals surface area (Å²) in [5.74, 6) is 0. The molecule has 0 radical (unpaired) electrons. The molecule has 1 aromatic carbocycles. The van der Waals surface area contributed by atoms with Crippen molar-refractivity contribution in [3.05, 3.63) is 29.8 Å². The van der Waals surface area contributed by atoms with Crippen molar-refractivity contribution < 1.29 is 10.2 Å². The third-order valence-electron chi connectivity index (χ3n) is 3.16. The smallest absolute Gasteiger partial charge is 0.0990 e. The summed E-state index contributed by atoms with van der Waals surface area (Å²) in [6.07, 6.45) is -1.27. The van der Waals surface area contributed by atoms with Gasteiger partial charge in [0.1, 0.15) is 0 Å². The largest absolute Gasteiger partial charge is 0.389 e. The van der Waals surface area contributed by atoms with Crippen molar-refractivity contribution in [2.75, 3.05) is 24.5 Å². The molecule has 1 aromatic rings. The van der Waals surface area contributed by atoms with E-state index in [1.807, 2.05) is 23.1 Å². The minimum atomic E-state index is -0.637. The van der Waals surface area contributed by atoms with E-state index in [1.54, 1.807) is 0 Å². The predicted molar refractivity (Wildman–Crippen MR) is 68.0 cm³/mol. The lowest BCUT2D eigenvalue weighted by Gasteiger charge is -2.21. The SMILES string of the molecule is CCNCc1ccccc1N1CC(O)C(O)C1. The molecular weight excluding hydrogens is 216 g/mol. The van der Waals surface area contributed by atoms with Crippen LogP contribution in [0.5, 0.6) is 0 Å². The molecule has 4 nitrogen and oxygen atoms in total. The summed E-state index contributed by atoms with van der Waals surface area (Å²) in [7, 11) is 0. The van der Waals surface area contributed by atoms with Crippen molar-refractivity contribution in [3.8, 4) is 0 Å². The summed E-state index contributed by atoms with van der Waals surface area (Å²) in [6, 6.07) is 8.12. The first-order chi connectivity index (χ1) is 8.22. The number of benzene rings is 1. The fraction of sp³-hybridized carbons (Fsp3) is 0.538. The highest BCUT2D eigenvalue weighted by atomic mass is 16.3. The summed E-state index contributed by atoms with van der Waals surface area (Å²) >= 11 is 0. The van der Waals surface area contributed by atoms with Gasteiger partial charge in [0.25, 0.3) is 0 Å². The highest BCUT2D eigenvalue weighted by Gasteiger charge is 2.30. The molecule has 3 N–H and O–H groups in total. The normalized spacial score (nSPS) is 24.3. The third-order valence-corrected chi connectivity index (χ3v) is 3.16. The monoisotopic (exact) mass is 236 g/mol. The second-order valence-electron chi connectivity index (χ2n) is 4.45. The summed E-state index contributed by atoms with van der Waals surface area (Å²) in [5.41, 5.74) is 2.31. The molecule has 0 aromatic heterocycles. The Hall–Kier alpha value is -1.10. The molecule has 2 rings (SSSR count). The molecule has 0 spiro atoms. The lowest BCUT2D eigenvalue weighted by Crippen LogP contribution is -2.24. The van der Waals surface area contributed by atoms with E-state index in [0.29, 0.717) is 13.1 Å². The van der Waals surface area contributed by atoms with Gasteiger partial charge in [0.15, 0.2) is 0 Å². The molecule has 1 heterocycles. The summed E-state index contributed by atoms with van der Waals surface area (Å²) in [4.78, 5) is 2.04. The average Bonchev–Trinajstić information content (AvgIpc) is 2.67. The second-order valence-corrected chi connectivity index (χ2v) is 4.45. The Balaban J connectivity index is 2.14. The van der Waals surface area contributed by atoms with Crippen LogP contribution in [0.2, 0.25) is 0 Å². The zero-order chi connectivity index (χ0) is 12.3. The van der Waals surface area contributed by atoms with Crippen LogP contribution in [0.1, 0.15) is 12.5 Å². The van der Waals surface area contributed by atoms with Gasteiger partial charge in [-0.2, -0.15) is 0 Å². The number of β-amino-alcohol motifs (C(OH)–C–C–N with tert-alkyl or cyclic N) is 2. The maximum atomic E-state index is 9.59. The number of para-hydroxylation sites is 1. The molecule has 2 unspecified atom stereocenters. The van der Waals surface area contributed by atoms with Crippen LogP contribution in [0.4, 0.5) is 5.69 Å². The molecule has 1 aliphatic rings. The quantitative estimate of drug-likeness (QED) is 0.705. The lowest BCUT2D eigenvalue weighted by molar-refractivity contribution is 0.0572. The fourth-order valence-corrected chi connectivity index (χ4v) is 2.19. The summed E-state index contributed by atoms with van der Waals surface area (Å²) < 4.78 is 0. The molecule has 0 bridgehead atoms. The lowest BCUT2D eigenvalue weighted by atomic mass is 10.1. The zero-order valence-corrected chi connectivity index (χ0v) is 10.1. The van der Waals surface area contributed by atoms with Crippen LogP contribution in [-0.2, 0) is 6.54 Å². The highest BCUT2D eigenvalue weighted by molar-refractivity contribution is 5.54. The fourth-order valence-electron chi connectivity index (χ4n) is 2.19. The van der Waals surface area contributed by atoms with Crippen LogP contribution in [0.15, 0.2) is 24.3 Å². The number of anilines is 1.